The van der Waals surface area contributed by atoms with Gasteiger partial charge in [-0.05, 0) is 12.1 Å². The maximum absolute atomic E-state index is 12.8. The molecule has 18 heavy (non-hydrogen) atoms. The molecule has 0 radical (unpaired) electrons. The summed E-state index contributed by atoms with van der Waals surface area (Å²) in [5.41, 5.74) is 0.438. The summed E-state index contributed by atoms with van der Waals surface area (Å²) in [6.07, 6.45) is -1.51. The molecule has 0 aliphatic carbocycles. The Labute approximate surface area is 104 Å². The lowest BCUT2D eigenvalue weighted by molar-refractivity contribution is -0.150. The highest BCUT2D eigenvalue weighted by atomic mass is 19.1. The number of carbonyl (C=O) groups is 1. The van der Waals surface area contributed by atoms with E-state index in [0.717, 1.165) is 7.11 Å². The van der Waals surface area contributed by atoms with Crippen molar-refractivity contribution in [3.8, 4) is 11.5 Å². The van der Waals surface area contributed by atoms with Gasteiger partial charge in [0.2, 0.25) is 0 Å². The fraction of sp³-hybridized carbons (Fsp3) is 0.417. The van der Waals surface area contributed by atoms with Crippen molar-refractivity contribution in [3.05, 3.63) is 23.3 Å². The average molecular weight is 258 g/mol. The van der Waals surface area contributed by atoms with Crippen molar-refractivity contribution in [1.82, 2.24) is 0 Å². The van der Waals surface area contributed by atoms with E-state index in [0.29, 0.717) is 0 Å². The molecular formula is C12H15FO5. The van der Waals surface area contributed by atoms with Gasteiger partial charge in [0.15, 0.2) is 6.10 Å². The molecule has 0 amide bonds. The van der Waals surface area contributed by atoms with Gasteiger partial charge in [0.1, 0.15) is 18.2 Å². The number of esters is 1. The monoisotopic (exact) mass is 258 g/mol. The Morgan fingerprint density at radius 3 is 2.33 bits per heavy atom. The molecule has 0 fully saturated rings. The predicted molar refractivity (Wildman–Crippen MR) is 61.3 cm³/mol. The van der Waals surface area contributed by atoms with E-state index >= 15 is 0 Å². The minimum absolute atomic E-state index is 0.165. The first-order valence-corrected chi connectivity index (χ1v) is 5.15. The molecule has 1 unspecified atom stereocenters. The first-order valence-electron chi connectivity index (χ1n) is 5.15. The van der Waals surface area contributed by atoms with E-state index in [4.69, 9.17) is 9.47 Å². The molecule has 0 bridgehead atoms. The van der Waals surface area contributed by atoms with Crippen molar-refractivity contribution >= 4 is 5.97 Å². The van der Waals surface area contributed by atoms with Crippen LogP contribution in [0.4, 0.5) is 4.39 Å². The molecule has 0 aliphatic heterocycles. The minimum atomic E-state index is -1.51. The lowest BCUT2D eigenvalue weighted by atomic mass is 10.0. The third-order valence-corrected chi connectivity index (χ3v) is 2.50. The highest BCUT2D eigenvalue weighted by Gasteiger charge is 2.24. The van der Waals surface area contributed by atoms with Crippen LogP contribution in [-0.4, -0.2) is 32.4 Å². The number of benzene rings is 1. The fourth-order valence-electron chi connectivity index (χ4n) is 1.54. The molecule has 0 spiro atoms. The van der Waals surface area contributed by atoms with Crippen LogP contribution in [0.2, 0.25) is 0 Å². The van der Waals surface area contributed by atoms with E-state index in [-0.39, 0.29) is 22.6 Å². The van der Waals surface area contributed by atoms with Crippen LogP contribution in [0.15, 0.2) is 12.1 Å². The van der Waals surface area contributed by atoms with Crippen LogP contribution in [0.1, 0.15) is 17.2 Å². The first kappa shape index (κ1) is 14.2. The number of halogens is 1. The second-order valence-corrected chi connectivity index (χ2v) is 3.47. The number of ether oxygens (including phenoxy) is 3. The molecule has 0 aliphatic rings. The van der Waals surface area contributed by atoms with E-state index < -0.39 is 18.7 Å². The van der Waals surface area contributed by atoms with Gasteiger partial charge in [-0.2, -0.15) is 0 Å². The summed E-state index contributed by atoms with van der Waals surface area (Å²) in [6, 6.07) is 2.73. The summed E-state index contributed by atoms with van der Waals surface area (Å²) in [4.78, 5) is 11.3. The fourth-order valence-corrected chi connectivity index (χ4v) is 1.54. The molecule has 1 rings (SSSR count). The summed E-state index contributed by atoms with van der Waals surface area (Å²) in [5, 5.41) is 9.78. The van der Waals surface area contributed by atoms with Gasteiger partial charge in [-0.15, -0.1) is 0 Å². The van der Waals surface area contributed by atoms with Crippen LogP contribution in [0.25, 0.3) is 0 Å². The van der Waals surface area contributed by atoms with E-state index in [1.54, 1.807) is 0 Å². The number of aliphatic hydroxyl groups is 1. The zero-order valence-electron chi connectivity index (χ0n) is 10.4. The maximum Gasteiger partial charge on any atom is 0.339 e. The molecule has 0 aromatic heterocycles. The zero-order valence-corrected chi connectivity index (χ0v) is 10.4. The Hall–Kier alpha value is -1.82. The highest BCUT2D eigenvalue weighted by Crippen LogP contribution is 2.33. The molecule has 0 saturated carbocycles. The molecule has 6 heteroatoms. The molecule has 1 atom stereocenters. The normalized spacial score (nSPS) is 11.8. The average Bonchev–Trinajstić information content (AvgIpc) is 2.43. The topological polar surface area (TPSA) is 65.0 Å². The van der Waals surface area contributed by atoms with Gasteiger partial charge in [-0.3, -0.25) is 0 Å². The number of hydrogen-bond donors (Lipinski definition) is 1. The van der Waals surface area contributed by atoms with Crippen molar-refractivity contribution in [2.45, 2.75) is 12.8 Å². The van der Waals surface area contributed by atoms with Gasteiger partial charge in [-0.1, -0.05) is 0 Å². The van der Waals surface area contributed by atoms with Crippen LogP contribution < -0.4 is 9.47 Å². The van der Waals surface area contributed by atoms with E-state index in [2.05, 4.69) is 4.74 Å². The molecule has 0 heterocycles. The third kappa shape index (κ3) is 2.70. The van der Waals surface area contributed by atoms with Gasteiger partial charge in [-0.25, -0.2) is 9.18 Å². The Bertz CT molecular complexity index is 433. The number of aliphatic hydroxyl groups excluding tert-OH is 1. The van der Waals surface area contributed by atoms with Crippen LogP contribution in [0.3, 0.4) is 0 Å². The van der Waals surface area contributed by atoms with Gasteiger partial charge in [0, 0.05) is 11.1 Å². The van der Waals surface area contributed by atoms with Crippen LogP contribution in [-0.2, 0) is 16.2 Å². The molecule has 1 N–H and O–H groups in total. The molecule has 1 aromatic rings. The number of rotatable bonds is 5. The standard InChI is InChI=1S/C12H15FO5/c1-16-9-5-8(11(14)12(15)18-3)10(17-2)4-7(9)6-13/h4-5,11,14H,6H2,1-3H3. The minimum Gasteiger partial charge on any atom is -0.496 e. The van der Waals surface area contributed by atoms with E-state index in [1.165, 1.54) is 26.4 Å². The Kier molecular flexibility index (Phi) is 4.91. The van der Waals surface area contributed by atoms with Gasteiger partial charge in [0.25, 0.3) is 0 Å². The van der Waals surface area contributed by atoms with Crippen molar-refractivity contribution in [2.75, 3.05) is 21.3 Å². The van der Waals surface area contributed by atoms with Crippen molar-refractivity contribution in [3.63, 3.8) is 0 Å². The Morgan fingerprint density at radius 2 is 1.89 bits per heavy atom. The number of methoxy groups -OCH3 is 3. The van der Waals surface area contributed by atoms with Crippen LogP contribution >= 0.6 is 0 Å². The molecule has 100 valence electrons. The summed E-state index contributed by atoms with van der Waals surface area (Å²) >= 11 is 0. The lowest BCUT2D eigenvalue weighted by Crippen LogP contribution is -2.15. The zero-order chi connectivity index (χ0) is 13.7. The van der Waals surface area contributed by atoms with Crippen LogP contribution in [0.5, 0.6) is 11.5 Å². The first-order chi connectivity index (χ1) is 8.58. The van der Waals surface area contributed by atoms with Crippen molar-refractivity contribution < 1.29 is 28.5 Å². The smallest absolute Gasteiger partial charge is 0.339 e. The molecule has 0 saturated heterocycles. The second-order valence-electron chi connectivity index (χ2n) is 3.47. The Balaban J connectivity index is 3.29. The van der Waals surface area contributed by atoms with Crippen LogP contribution in [0, 0.1) is 0 Å². The number of carbonyl (C=O) groups excluding carboxylic acids is 1. The van der Waals surface area contributed by atoms with Gasteiger partial charge in [0.05, 0.1) is 21.3 Å². The highest BCUT2D eigenvalue weighted by molar-refractivity contribution is 5.77. The van der Waals surface area contributed by atoms with Crippen molar-refractivity contribution in [2.24, 2.45) is 0 Å². The summed E-state index contributed by atoms with van der Waals surface area (Å²) in [7, 11) is 3.89. The van der Waals surface area contributed by atoms with Crippen molar-refractivity contribution in [1.29, 1.82) is 0 Å². The predicted octanol–water partition coefficient (Wildman–Crippen LogP) is 1.38. The third-order valence-electron chi connectivity index (χ3n) is 2.50. The SMILES string of the molecule is COC(=O)C(O)c1cc(OC)c(CF)cc1OC. The quantitative estimate of drug-likeness (QED) is 0.808. The summed E-state index contributed by atoms with van der Waals surface area (Å²) in [6.45, 7) is -0.742. The summed E-state index contributed by atoms with van der Waals surface area (Å²) in [5.74, 6) is -0.402. The lowest BCUT2D eigenvalue weighted by Gasteiger charge is -2.16. The second kappa shape index (κ2) is 6.20. The number of alkyl halides is 1. The van der Waals surface area contributed by atoms with E-state index in [1.807, 2.05) is 0 Å². The van der Waals surface area contributed by atoms with Gasteiger partial charge < -0.3 is 19.3 Å². The summed E-state index contributed by atoms with van der Waals surface area (Å²) < 4.78 is 27.2. The number of hydrogen-bond acceptors (Lipinski definition) is 5. The van der Waals surface area contributed by atoms with Gasteiger partial charge >= 0.3 is 5.97 Å². The van der Waals surface area contributed by atoms with E-state index in [9.17, 15) is 14.3 Å². The maximum atomic E-state index is 12.8. The molecule has 1 aromatic carbocycles. The molecule has 5 nitrogen and oxygen atoms in total. The molecular weight excluding hydrogens is 243 g/mol. The Morgan fingerprint density at radius 1 is 1.28 bits per heavy atom. The largest absolute Gasteiger partial charge is 0.496 e.